The van der Waals surface area contributed by atoms with Gasteiger partial charge in [-0.1, -0.05) is 182 Å². The average Bonchev–Trinajstić information content (AvgIpc) is 3.42. The molecule has 0 saturated carbocycles. The molecule has 3 aromatic heterocycles. The molecule has 0 aliphatic rings. The van der Waals surface area contributed by atoms with Crippen molar-refractivity contribution < 1.29 is 0 Å². The Morgan fingerprint density at radius 2 is 0.361 bits per heavy atom. The van der Waals surface area contributed by atoms with E-state index in [1.54, 1.807) is 0 Å². The lowest BCUT2D eigenvalue weighted by Gasteiger charge is -2.42. The summed E-state index contributed by atoms with van der Waals surface area (Å²) in [6, 6.07) is 125. The van der Waals surface area contributed by atoms with Crippen molar-refractivity contribution in [1.82, 2.24) is 13.7 Å². The van der Waals surface area contributed by atoms with E-state index in [-0.39, 0.29) is 0 Å². The molecule has 3 heterocycles. The zero-order chi connectivity index (χ0) is 54.9. The van der Waals surface area contributed by atoms with E-state index in [4.69, 9.17) is 0 Å². The summed E-state index contributed by atoms with van der Waals surface area (Å²) in [7, 11) is -4.12. The Kier molecular flexibility index (Phi) is 11.7. The number of hydrogen-bond donors (Lipinski definition) is 0. The molecular formula is C78H55N3S2. The summed E-state index contributed by atoms with van der Waals surface area (Å²) in [4.78, 5) is 10.3. The fourth-order valence-electron chi connectivity index (χ4n) is 13.4. The molecule has 0 spiro atoms. The second-order valence-corrected chi connectivity index (χ2v) is 27.5. The van der Waals surface area contributed by atoms with Gasteiger partial charge in [-0.05, 0) is 152 Å². The standard InChI is InChI=1S/C78H55N3S2/c1-7-27-59(28-8-1)82(60-29-9-2-10-30-60,61-31-11-3-12-32-61)65-47-49-77-71(54-65)72-55-66(83(62-33-13-4-14-34-62,63-35-15-5-16-36-63)64-37-17-6-18-38-64)48-50-78(72)81(77)58-52-56(79-73-43-23-19-39-67(73)68-40-20-24-44-74(68)79)51-57(53-58)80-75-45-25-21-41-69(75)70-42-22-26-46-76(70)80/h1-55H. The van der Waals surface area contributed by atoms with Crippen LogP contribution in [0.5, 0.6) is 0 Å². The van der Waals surface area contributed by atoms with Crippen LogP contribution in [0.15, 0.2) is 373 Å². The van der Waals surface area contributed by atoms with E-state index in [0.29, 0.717) is 0 Å². The number of aromatic nitrogens is 3. The van der Waals surface area contributed by atoms with Gasteiger partial charge in [0, 0.05) is 71.5 Å². The Bertz CT molecular complexity index is 4450. The Morgan fingerprint density at radius 1 is 0.157 bits per heavy atom. The number of rotatable bonds is 11. The molecule has 0 saturated heterocycles. The first-order valence-electron chi connectivity index (χ1n) is 28.4. The van der Waals surface area contributed by atoms with Crippen molar-refractivity contribution in [2.75, 3.05) is 0 Å². The first-order chi connectivity index (χ1) is 41.2. The van der Waals surface area contributed by atoms with Gasteiger partial charge in [0.05, 0.1) is 50.2 Å². The predicted octanol–water partition coefficient (Wildman–Crippen LogP) is 21.7. The first kappa shape index (κ1) is 48.8. The molecule has 0 unspecified atom stereocenters. The molecule has 16 rings (SSSR count). The third-order valence-electron chi connectivity index (χ3n) is 16.8. The Labute approximate surface area is 485 Å². The molecule has 0 fully saturated rings. The molecule has 0 amide bonds. The molecular weight excluding hydrogens is 1040 g/mol. The normalized spacial score (nSPS) is 12.5. The largest absolute Gasteiger partial charge is 0.309 e. The minimum Gasteiger partial charge on any atom is -0.309 e. The molecule has 0 aliphatic heterocycles. The van der Waals surface area contributed by atoms with Gasteiger partial charge in [0.1, 0.15) is 0 Å². The molecule has 3 nitrogen and oxygen atoms in total. The van der Waals surface area contributed by atoms with E-state index in [1.807, 2.05) is 0 Å². The van der Waals surface area contributed by atoms with Crippen molar-refractivity contribution in [3.05, 3.63) is 334 Å². The van der Waals surface area contributed by atoms with E-state index in [9.17, 15) is 0 Å². The van der Waals surface area contributed by atoms with Gasteiger partial charge in [0.15, 0.2) is 0 Å². The highest BCUT2D eigenvalue weighted by Gasteiger charge is 2.36. The second kappa shape index (κ2) is 19.9. The van der Waals surface area contributed by atoms with Gasteiger partial charge >= 0.3 is 0 Å². The van der Waals surface area contributed by atoms with Crippen LogP contribution in [0.25, 0.3) is 82.5 Å². The fourth-order valence-corrected chi connectivity index (χ4v) is 21.2. The van der Waals surface area contributed by atoms with E-state index in [0.717, 1.165) is 28.1 Å². The average molecular weight is 1100 g/mol. The van der Waals surface area contributed by atoms with E-state index in [1.165, 1.54) is 93.5 Å². The summed E-state index contributed by atoms with van der Waals surface area (Å²) in [5.41, 5.74) is 10.2. The van der Waals surface area contributed by atoms with Crippen LogP contribution in [-0.2, 0) is 0 Å². The van der Waals surface area contributed by atoms with Gasteiger partial charge in [0.2, 0.25) is 0 Å². The fraction of sp³-hybridized carbons (Fsp3) is 0. The van der Waals surface area contributed by atoms with Gasteiger partial charge in [-0.3, -0.25) is 0 Å². The highest BCUT2D eigenvalue weighted by molar-refractivity contribution is 8.34. The second-order valence-electron chi connectivity index (χ2n) is 21.2. The van der Waals surface area contributed by atoms with Crippen LogP contribution >= 0.6 is 20.1 Å². The van der Waals surface area contributed by atoms with E-state index < -0.39 is 20.1 Å². The molecule has 16 aromatic rings. The van der Waals surface area contributed by atoms with Crippen LogP contribution in [0.2, 0.25) is 0 Å². The number of fused-ring (bicyclic) bond motifs is 9. The smallest absolute Gasteiger partial charge is 0.0541 e. The third-order valence-corrected chi connectivity index (χ3v) is 24.6. The zero-order valence-electron chi connectivity index (χ0n) is 45.4. The molecule has 0 aliphatic carbocycles. The lowest BCUT2D eigenvalue weighted by Crippen LogP contribution is -2.05. The maximum atomic E-state index is 2.57. The SMILES string of the molecule is c1ccc(S(c2ccccc2)(c2ccccc2)c2ccc3c(c2)c2cc(S(c4ccccc4)(c4ccccc4)c4ccccc4)ccc2n3-c2cc(-n3c4ccccc4c4ccccc43)cc(-n3c4ccccc4c4ccccc43)c2)cc1. The van der Waals surface area contributed by atoms with Gasteiger partial charge in [-0.2, -0.15) is 0 Å². The molecule has 5 heteroatoms. The van der Waals surface area contributed by atoms with Crippen LogP contribution in [-0.4, -0.2) is 13.7 Å². The van der Waals surface area contributed by atoms with E-state index in [2.05, 4.69) is 347 Å². The molecule has 83 heavy (non-hydrogen) atoms. The van der Waals surface area contributed by atoms with Gasteiger partial charge in [-0.15, -0.1) is 20.1 Å². The van der Waals surface area contributed by atoms with Crippen molar-refractivity contribution >= 4 is 85.5 Å². The van der Waals surface area contributed by atoms with E-state index >= 15 is 0 Å². The number of para-hydroxylation sites is 4. The Balaban J connectivity index is 1.06. The third kappa shape index (κ3) is 7.55. The number of benzene rings is 13. The predicted molar refractivity (Wildman–Crippen MR) is 349 cm³/mol. The van der Waals surface area contributed by atoms with Crippen molar-refractivity contribution in [2.45, 2.75) is 39.2 Å². The monoisotopic (exact) mass is 1100 g/mol. The molecule has 0 bridgehead atoms. The summed E-state index contributed by atoms with van der Waals surface area (Å²) >= 11 is 0. The molecule has 0 atom stereocenters. The maximum absolute atomic E-state index is 2.57. The molecule has 13 aromatic carbocycles. The number of hydrogen-bond acceptors (Lipinski definition) is 0. The van der Waals surface area contributed by atoms with Gasteiger partial charge in [-0.25, -0.2) is 0 Å². The van der Waals surface area contributed by atoms with Crippen LogP contribution in [0.4, 0.5) is 0 Å². The van der Waals surface area contributed by atoms with Gasteiger partial charge in [0.25, 0.3) is 0 Å². The Hall–Kier alpha value is -10.0. The first-order valence-corrected chi connectivity index (χ1v) is 31.6. The summed E-state index contributed by atoms with van der Waals surface area (Å²) in [5, 5.41) is 7.31. The molecule has 0 radical (unpaired) electrons. The lowest BCUT2D eigenvalue weighted by molar-refractivity contribution is 1.10. The molecule has 0 N–H and O–H groups in total. The van der Waals surface area contributed by atoms with Crippen molar-refractivity contribution in [3.8, 4) is 17.1 Å². The summed E-state index contributed by atoms with van der Waals surface area (Å²) in [5.74, 6) is 0. The summed E-state index contributed by atoms with van der Waals surface area (Å²) in [6.45, 7) is 0. The highest BCUT2D eigenvalue weighted by Crippen LogP contribution is 2.75. The minimum atomic E-state index is -2.06. The summed E-state index contributed by atoms with van der Waals surface area (Å²) in [6.07, 6.45) is 0. The van der Waals surface area contributed by atoms with Crippen molar-refractivity contribution in [2.24, 2.45) is 0 Å². The summed E-state index contributed by atoms with van der Waals surface area (Å²) < 4.78 is 7.51. The highest BCUT2D eigenvalue weighted by atomic mass is 32.3. The van der Waals surface area contributed by atoms with Crippen LogP contribution < -0.4 is 0 Å². The van der Waals surface area contributed by atoms with Crippen LogP contribution in [0.1, 0.15) is 0 Å². The maximum Gasteiger partial charge on any atom is 0.0541 e. The zero-order valence-corrected chi connectivity index (χ0v) is 47.0. The van der Waals surface area contributed by atoms with Crippen molar-refractivity contribution in [1.29, 1.82) is 0 Å². The Morgan fingerprint density at radius 3 is 0.602 bits per heavy atom. The van der Waals surface area contributed by atoms with Crippen LogP contribution in [0, 0.1) is 0 Å². The van der Waals surface area contributed by atoms with Gasteiger partial charge < -0.3 is 13.7 Å². The molecule has 394 valence electrons. The number of nitrogens with zero attached hydrogens (tertiary/aromatic N) is 3. The minimum absolute atomic E-state index is 1.07. The quantitative estimate of drug-likeness (QED) is 0.123. The topological polar surface area (TPSA) is 14.8 Å². The lowest BCUT2D eigenvalue weighted by atomic mass is 10.1. The van der Waals surface area contributed by atoms with Crippen molar-refractivity contribution in [3.63, 3.8) is 0 Å². The van der Waals surface area contributed by atoms with Crippen LogP contribution in [0.3, 0.4) is 0 Å².